The lowest BCUT2D eigenvalue weighted by atomic mass is 10.1. The summed E-state index contributed by atoms with van der Waals surface area (Å²) in [7, 11) is 0. The molecule has 2 heterocycles. The van der Waals surface area contributed by atoms with E-state index in [0.29, 0.717) is 6.04 Å². The fourth-order valence-corrected chi connectivity index (χ4v) is 2.47. The number of rotatable bonds is 5. The molecule has 1 aromatic rings. The molecule has 5 nitrogen and oxygen atoms in total. The van der Waals surface area contributed by atoms with E-state index in [4.69, 9.17) is 5.73 Å². The molecule has 1 aliphatic rings. The summed E-state index contributed by atoms with van der Waals surface area (Å²) in [5, 5.41) is 0. The van der Waals surface area contributed by atoms with Crippen molar-refractivity contribution >= 4 is 0 Å². The highest BCUT2D eigenvalue weighted by Crippen LogP contribution is 2.09. The van der Waals surface area contributed by atoms with Gasteiger partial charge in [-0.15, -0.1) is 0 Å². The van der Waals surface area contributed by atoms with Crippen LogP contribution in [0.5, 0.6) is 0 Å². The van der Waals surface area contributed by atoms with Gasteiger partial charge in [0.15, 0.2) is 0 Å². The maximum absolute atomic E-state index is 5.80. The maximum Gasteiger partial charge on any atom is 0.142 e. The third-order valence-electron chi connectivity index (χ3n) is 3.65. The molecule has 2 rings (SSSR count). The van der Waals surface area contributed by atoms with Crippen molar-refractivity contribution in [3.63, 3.8) is 0 Å². The quantitative estimate of drug-likeness (QED) is 0.815. The first-order chi connectivity index (χ1) is 8.83. The Hall–Kier alpha value is -1.04. The molecule has 1 aromatic heterocycles. The number of hydrogen-bond donors (Lipinski definition) is 1. The van der Waals surface area contributed by atoms with Crippen LogP contribution in [0.4, 0.5) is 0 Å². The largest absolute Gasteiger partial charge is 0.329 e. The Morgan fingerprint density at radius 3 is 2.44 bits per heavy atom. The number of hydrogen-bond acceptors (Lipinski definition) is 5. The van der Waals surface area contributed by atoms with Crippen molar-refractivity contribution in [2.75, 3.05) is 32.7 Å². The molecule has 0 saturated carbocycles. The SMILES string of the molecule is CCC(CN)N1CCN(Cc2ncccn2)CC1. The fourth-order valence-electron chi connectivity index (χ4n) is 2.47. The van der Waals surface area contributed by atoms with Crippen LogP contribution in [0.25, 0.3) is 0 Å². The zero-order chi connectivity index (χ0) is 12.8. The summed E-state index contributed by atoms with van der Waals surface area (Å²) in [6.45, 7) is 8.18. The van der Waals surface area contributed by atoms with Gasteiger partial charge in [-0.3, -0.25) is 9.80 Å². The summed E-state index contributed by atoms with van der Waals surface area (Å²) in [5.74, 6) is 0.914. The van der Waals surface area contributed by atoms with Gasteiger partial charge in [0.1, 0.15) is 5.82 Å². The van der Waals surface area contributed by atoms with Gasteiger partial charge in [-0.25, -0.2) is 9.97 Å². The van der Waals surface area contributed by atoms with E-state index < -0.39 is 0 Å². The third kappa shape index (κ3) is 3.48. The lowest BCUT2D eigenvalue weighted by Crippen LogP contribution is -2.51. The molecule has 1 fully saturated rings. The molecule has 5 heteroatoms. The van der Waals surface area contributed by atoms with Crippen LogP contribution in [0.15, 0.2) is 18.5 Å². The summed E-state index contributed by atoms with van der Waals surface area (Å²) in [6, 6.07) is 2.40. The van der Waals surface area contributed by atoms with Crippen LogP contribution in [0.1, 0.15) is 19.2 Å². The molecule has 100 valence electrons. The molecule has 0 amide bonds. The molecule has 1 atom stereocenters. The van der Waals surface area contributed by atoms with Crippen LogP contribution >= 0.6 is 0 Å². The van der Waals surface area contributed by atoms with Crippen LogP contribution < -0.4 is 5.73 Å². The zero-order valence-electron chi connectivity index (χ0n) is 11.1. The minimum Gasteiger partial charge on any atom is -0.329 e. The molecule has 2 N–H and O–H groups in total. The van der Waals surface area contributed by atoms with Crippen molar-refractivity contribution in [1.29, 1.82) is 0 Å². The Morgan fingerprint density at radius 2 is 1.89 bits per heavy atom. The van der Waals surface area contributed by atoms with Gasteiger partial charge in [-0.05, 0) is 12.5 Å². The number of nitrogens with zero attached hydrogens (tertiary/aromatic N) is 4. The summed E-state index contributed by atoms with van der Waals surface area (Å²) in [6.07, 6.45) is 4.75. The van der Waals surface area contributed by atoms with Crippen molar-refractivity contribution in [3.8, 4) is 0 Å². The van der Waals surface area contributed by atoms with Crippen molar-refractivity contribution < 1.29 is 0 Å². The van der Waals surface area contributed by atoms with Gasteiger partial charge >= 0.3 is 0 Å². The second-order valence-corrected chi connectivity index (χ2v) is 4.77. The first-order valence-electron chi connectivity index (χ1n) is 6.76. The number of nitrogens with two attached hydrogens (primary N) is 1. The molecule has 1 saturated heterocycles. The second-order valence-electron chi connectivity index (χ2n) is 4.77. The molecule has 1 aliphatic heterocycles. The lowest BCUT2D eigenvalue weighted by Gasteiger charge is -2.38. The Labute approximate surface area is 109 Å². The van der Waals surface area contributed by atoms with E-state index in [-0.39, 0.29) is 0 Å². The minimum atomic E-state index is 0.542. The Bertz CT molecular complexity index is 330. The van der Waals surface area contributed by atoms with E-state index >= 15 is 0 Å². The molecule has 1 unspecified atom stereocenters. The standard InChI is InChI=1S/C13H23N5/c1-2-12(10-14)18-8-6-17(7-9-18)11-13-15-4-3-5-16-13/h3-5,12H,2,6-11,14H2,1H3. The van der Waals surface area contributed by atoms with E-state index in [1.807, 2.05) is 6.07 Å². The van der Waals surface area contributed by atoms with Crippen molar-refractivity contribution in [3.05, 3.63) is 24.3 Å². The fraction of sp³-hybridized carbons (Fsp3) is 0.692. The monoisotopic (exact) mass is 249 g/mol. The Balaban J connectivity index is 1.80. The highest BCUT2D eigenvalue weighted by molar-refractivity contribution is 4.89. The minimum absolute atomic E-state index is 0.542. The van der Waals surface area contributed by atoms with Crippen LogP contribution in [-0.4, -0.2) is 58.5 Å². The predicted molar refractivity (Wildman–Crippen MR) is 72.0 cm³/mol. The van der Waals surface area contributed by atoms with Gasteiger partial charge in [0, 0.05) is 51.2 Å². The van der Waals surface area contributed by atoms with E-state index in [9.17, 15) is 0 Å². The summed E-state index contributed by atoms with van der Waals surface area (Å²) in [5.41, 5.74) is 5.80. The summed E-state index contributed by atoms with van der Waals surface area (Å²) < 4.78 is 0. The maximum atomic E-state index is 5.80. The van der Waals surface area contributed by atoms with Gasteiger partial charge in [0.25, 0.3) is 0 Å². The molecule has 0 bridgehead atoms. The number of piperazine rings is 1. The lowest BCUT2D eigenvalue weighted by molar-refractivity contribution is 0.0911. The normalized spacial score (nSPS) is 19.9. The van der Waals surface area contributed by atoms with Crippen molar-refractivity contribution in [2.24, 2.45) is 5.73 Å². The van der Waals surface area contributed by atoms with Crippen LogP contribution in [0.3, 0.4) is 0 Å². The van der Waals surface area contributed by atoms with Gasteiger partial charge < -0.3 is 5.73 Å². The highest BCUT2D eigenvalue weighted by Gasteiger charge is 2.22. The van der Waals surface area contributed by atoms with Crippen LogP contribution in [-0.2, 0) is 6.54 Å². The first-order valence-corrected chi connectivity index (χ1v) is 6.76. The zero-order valence-corrected chi connectivity index (χ0v) is 11.1. The van der Waals surface area contributed by atoms with E-state index in [1.165, 1.54) is 0 Å². The average molecular weight is 249 g/mol. The van der Waals surface area contributed by atoms with Crippen molar-refractivity contribution in [2.45, 2.75) is 25.9 Å². The van der Waals surface area contributed by atoms with E-state index in [0.717, 1.165) is 51.5 Å². The highest BCUT2D eigenvalue weighted by atomic mass is 15.3. The predicted octanol–water partition coefficient (Wildman–Crippen LogP) is 0.332. The van der Waals surface area contributed by atoms with Gasteiger partial charge in [0.05, 0.1) is 6.54 Å². The van der Waals surface area contributed by atoms with Crippen LogP contribution in [0, 0.1) is 0 Å². The topological polar surface area (TPSA) is 58.3 Å². The molecule has 0 aliphatic carbocycles. The van der Waals surface area contributed by atoms with Crippen molar-refractivity contribution in [1.82, 2.24) is 19.8 Å². The van der Waals surface area contributed by atoms with E-state index in [1.54, 1.807) is 12.4 Å². The first kappa shape index (κ1) is 13.4. The van der Waals surface area contributed by atoms with E-state index in [2.05, 4.69) is 26.7 Å². The Morgan fingerprint density at radius 1 is 1.22 bits per heavy atom. The van der Waals surface area contributed by atoms with Gasteiger partial charge in [-0.1, -0.05) is 6.92 Å². The molecular weight excluding hydrogens is 226 g/mol. The average Bonchev–Trinajstić information content (AvgIpc) is 2.43. The third-order valence-corrected chi connectivity index (χ3v) is 3.65. The molecule has 0 spiro atoms. The molecular formula is C13H23N5. The van der Waals surface area contributed by atoms with Gasteiger partial charge in [0.2, 0.25) is 0 Å². The number of aromatic nitrogens is 2. The molecule has 18 heavy (non-hydrogen) atoms. The molecule has 0 radical (unpaired) electrons. The van der Waals surface area contributed by atoms with Crippen LogP contribution in [0.2, 0.25) is 0 Å². The Kier molecular flexibility index (Phi) is 5.04. The second kappa shape index (κ2) is 6.78. The summed E-state index contributed by atoms with van der Waals surface area (Å²) >= 11 is 0. The summed E-state index contributed by atoms with van der Waals surface area (Å²) in [4.78, 5) is 13.5. The smallest absolute Gasteiger partial charge is 0.142 e. The van der Waals surface area contributed by atoms with Gasteiger partial charge in [-0.2, -0.15) is 0 Å². The molecule has 0 aromatic carbocycles.